The van der Waals surface area contributed by atoms with Crippen LogP contribution in [0.25, 0.3) is 0 Å². The summed E-state index contributed by atoms with van der Waals surface area (Å²) < 4.78 is 0. The van der Waals surface area contributed by atoms with Crippen molar-refractivity contribution in [2.45, 2.75) is 25.7 Å². The third-order valence-corrected chi connectivity index (χ3v) is 4.13. The van der Waals surface area contributed by atoms with Gasteiger partial charge in [-0.3, -0.25) is 4.79 Å². The Hall–Kier alpha value is -0.610. The number of hydrogen-bond acceptors (Lipinski definition) is 3. The predicted octanol–water partition coefficient (Wildman–Crippen LogP) is 0.202. The molecule has 4 heteroatoms. The van der Waals surface area contributed by atoms with E-state index >= 15 is 0 Å². The van der Waals surface area contributed by atoms with E-state index in [9.17, 15) is 4.79 Å². The normalized spacial score (nSPS) is 34.6. The van der Waals surface area contributed by atoms with Crippen LogP contribution in [0.3, 0.4) is 0 Å². The highest BCUT2D eigenvalue weighted by molar-refractivity contribution is 5.79. The van der Waals surface area contributed by atoms with Gasteiger partial charge in [-0.25, -0.2) is 0 Å². The predicted molar refractivity (Wildman–Crippen MR) is 61.7 cm³/mol. The smallest absolute Gasteiger partial charge is 0.226 e. The lowest BCUT2D eigenvalue weighted by Gasteiger charge is -2.24. The fraction of sp³-hybridized carbons (Fsp3) is 0.917. The molecule has 0 aromatic rings. The fourth-order valence-electron chi connectivity index (χ4n) is 3.06. The number of hydrogen-bond donors (Lipinski definition) is 2. The summed E-state index contributed by atoms with van der Waals surface area (Å²) in [5.41, 5.74) is 5.70. The number of rotatable bonds is 3. The van der Waals surface area contributed by atoms with Crippen molar-refractivity contribution in [2.75, 3.05) is 26.2 Å². The Morgan fingerprint density at radius 3 is 2.81 bits per heavy atom. The molecule has 1 saturated heterocycles. The van der Waals surface area contributed by atoms with Crippen LogP contribution in [0.2, 0.25) is 0 Å². The van der Waals surface area contributed by atoms with Gasteiger partial charge in [-0.05, 0) is 31.7 Å². The van der Waals surface area contributed by atoms with Gasteiger partial charge in [-0.1, -0.05) is 6.42 Å². The Bertz CT molecular complexity index is 257. The summed E-state index contributed by atoms with van der Waals surface area (Å²) in [7, 11) is 0. The highest BCUT2D eigenvalue weighted by atomic mass is 16.3. The molecule has 1 amide bonds. The van der Waals surface area contributed by atoms with Crippen LogP contribution in [0, 0.1) is 17.8 Å². The van der Waals surface area contributed by atoms with Gasteiger partial charge in [0.1, 0.15) is 0 Å². The lowest BCUT2D eigenvalue weighted by atomic mass is 9.95. The second kappa shape index (κ2) is 5.15. The van der Waals surface area contributed by atoms with Crippen LogP contribution in [-0.4, -0.2) is 42.2 Å². The van der Waals surface area contributed by atoms with Gasteiger partial charge >= 0.3 is 0 Å². The maximum atomic E-state index is 12.3. The third kappa shape index (κ3) is 2.23. The monoisotopic (exact) mass is 226 g/mol. The number of nitrogens with two attached hydrogens (primary N) is 1. The first kappa shape index (κ1) is 11.9. The number of aliphatic hydroxyl groups excluding tert-OH is 1. The van der Waals surface area contributed by atoms with Crippen LogP contribution in [-0.2, 0) is 4.79 Å². The van der Waals surface area contributed by atoms with Crippen LogP contribution in [0.5, 0.6) is 0 Å². The van der Waals surface area contributed by atoms with Crippen molar-refractivity contribution in [3.8, 4) is 0 Å². The molecule has 92 valence electrons. The molecule has 2 aliphatic rings. The van der Waals surface area contributed by atoms with Gasteiger partial charge in [0.05, 0.1) is 0 Å². The molecule has 1 aliphatic heterocycles. The average Bonchev–Trinajstić information content (AvgIpc) is 2.96. The zero-order chi connectivity index (χ0) is 11.5. The Morgan fingerprint density at radius 1 is 1.38 bits per heavy atom. The van der Waals surface area contributed by atoms with Gasteiger partial charge in [0.2, 0.25) is 5.91 Å². The maximum Gasteiger partial charge on any atom is 0.226 e. The largest absolute Gasteiger partial charge is 0.396 e. The SMILES string of the molecule is NCC1CCCC1C(=O)N1CCC(CO)C1. The average molecular weight is 226 g/mol. The van der Waals surface area contributed by atoms with Crippen molar-refractivity contribution in [1.29, 1.82) is 0 Å². The van der Waals surface area contributed by atoms with E-state index in [0.717, 1.165) is 38.8 Å². The number of aliphatic hydroxyl groups is 1. The molecular formula is C12H22N2O2. The second-order valence-corrected chi connectivity index (χ2v) is 5.15. The molecular weight excluding hydrogens is 204 g/mol. The van der Waals surface area contributed by atoms with E-state index in [0.29, 0.717) is 18.4 Å². The van der Waals surface area contributed by atoms with Crippen molar-refractivity contribution in [2.24, 2.45) is 23.5 Å². The molecule has 2 rings (SSSR count). The van der Waals surface area contributed by atoms with E-state index in [-0.39, 0.29) is 18.4 Å². The quantitative estimate of drug-likeness (QED) is 0.722. The highest BCUT2D eigenvalue weighted by Crippen LogP contribution is 2.33. The maximum absolute atomic E-state index is 12.3. The molecule has 0 spiro atoms. The Labute approximate surface area is 96.8 Å². The summed E-state index contributed by atoms with van der Waals surface area (Å²) in [6, 6.07) is 0. The van der Waals surface area contributed by atoms with Crippen molar-refractivity contribution >= 4 is 5.91 Å². The van der Waals surface area contributed by atoms with Crippen LogP contribution in [0.1, 0.15) is 25.7 Å². The molecule has 1 saturated carbocycles. The third-order valence-electron chi connectivity index (χ3n) is 4.13. The number of likely N-dealkylation sites (tertiary alicyclic amines) is 1. The first-order valence-corrected chi connectivity index (χ1v) is 6.36. The van der Waals surface area contributed by atoms with Crippen LogP contribution in [0.15, 0.2) is 0 Å². The van der Waals surface area contributed by atoms with Gasteiger partial charge < -0.3 is 15.7 Å². The van der Waals surface area contributed by atoms with Crippen LogP contribution in [0.4, 0.5) is 0 Å². The van der Waals surface area contributed by atoms with E-state index in [2.05, 4.69) is 0 Å². The number of carbonyl (C=O) groups excluding carboxylic acids is 1. The minimum absolute atomic E-state index is 0.155. The van der Waals surface area contributed by atoms with E-state index in [1.807, 2.05) is 4.90 Å². The molecule has 16 heavy (non-hydrogen) atoms. The van der Waals surface area contributed by atoms with Crippen LogP contribution >= 0.6 is 0 Å². The van der Waals surface area contributed by atoms with E-state index in [4.69, 9.17) is 10.8 Å². The van der Waals surface area contributed by atoms with E-state index < -0.39 is 0 Å². The fourth-order valence-corrected chi connectivity index (χ4v) is 3.06. The van der Waals surface area contributed by atoms with Crippen molar-refractivity contribution in [3.05, 3.63) is 0 Å². The van der Waals surface area contributed by atoms with E-state index in [1.54, 1.807) is 0 Å². The number of nitrogens with zero attached hydrogens (tertiary/aromatic N) is 1. The first-order valence-electron chi connectivity index (χ1n) is 6.36. The summed E-state index contributed by atoms with van der Waals surface area (Å²) >= 11 is 0. The summed E-state index contributed by atoms with van der Waals surface area (Å²) in [6.45, 7) is 2.39. The van der Waals surface area contributed by atoms with Gasteiger partial charge in [0.25, 0.3) is 0 Å². The first-order chi connectivity index (χ1) is 7.76. The van der Waals surface area contributed by atoms with Crippen molar-refractivity contribution < 1.29 is 9.90 Å². The summed E-state index contributed by atoms with van der Waals surface area (Å²) in [5.74, 6) is 1.12. The molecule has 2 fully saturated rings. The Kier molecular flexibility index (Phi) is 3.82. The molecule has 1 heterocycles. The molecule has 3 atom stereocenters. The highest BCUT2D eigenvalue weighted by Gasteiger charge is 2.36. The van der Waals surface area contributed by atoms with Gasteiger partial charge in [-0.2, -0.15) is 0 Å². The summed E-state index contributed by atoms with van der Waals surface area (Å²) in [6.07, 6.45) is 4.18. The Balaban J connectivity index is 1.92. The zero-order valence-corrected chi connectivity index (χ0v) is 9.77. The molecule has 1 aliphatic carbocycles. The minimum atomic E-state index is 0.155. The standard InChI is InChI=1S/C12H22N2O2/c13-6-10-2-1-3-11(10)12(16)14-5-4-9(7-14)8-15/h9-11,15H,1-8,13H2. The second-order valence-electron chi connectivity index (χ2n) is 5.15. The lowest BCUT2D eigenvalue weighted by molar-refractivity contribution is -0.135. The zero-order valence-electron chi connectivity index (χ0n) is 9.77. The molecule has 3 unspecified atom stereocenters. The molecule has 3 N–H and O–H groups in total. The van der Waals surface area contributed by atoms with Crippen molar-refractivity contribution in [1.82, 2.24) is 4.90 Å². The van der Waals surface area contributed by atoms with E-state index in [1.165, 1.54) is 0 Å². The number of carbonyl (C=O) groups is 1. The minimum Gasteiger partial charge on any atom is -0.396 e. The summed E-state index contributed by atoms with van der Waals surface area (Å²) in [4.78, 5) is 14.2. The van der Waals surface area contributed by atoms with Gasteiger partial charge in [0.15, 0.2) is 0 Å². The van der Waals surface area contributed by atoms with Gasteiger partial charge in [-0.15, -0.1) is 0 Å². The molecule has 0 radical (unpaired) electrons. The topological polar surface area (TPSA) is 66.6 Å². The number of amides is 1. The Morgan fingerprint density at radius 2 is 2.19 bits per heavy atom. The van der Waals surface area contributed by atoms with Gasteiger partial charge in [0, 0.05) is 31.5 Å². The van der Waals surface area contributed by atoms with Crippen molar-refractivity contribution in [3.63, 3.8) is 0 Å². The molecule has 0 aromatic carbocycles. The summed E-state index contributed by atoms with van der Waals surface area (Å²) in [5, 5.41) is 9.07. The van der Waals surface area contributed by atoms with Crippen LogP contribution < -0.4 is 5.73 Å². The molecule has 0 bridgehead atoms. The molecule has 0 aromatic heterocycles. The molecule has 4 nitrogen and oxygen atoms in total. The lowest BCUT2D eigenvalue weighted by Crippen LogP contribution is -2.37.